The lowest BCUT2D eigenvalue weighted by atomic mass is 10.2. The van der Waals surface area contributed by atoms with E-state index in [1.54, 1.807) is 0 Å². The molecular weight excluding hydrogens is 268 g/mol. The monoisotopic (exact) mass is 290 g/mol. The van der Waals surface area contributed by atoms with Gasteiger partial charge in [-0.05, 0) is 19.1 Å². The van der Waals surface area contributed by atoms with Gasteiger partial charge < -0.3 is 20.1 Å². The SMILES string of the molecule is COC(=O)C(N)CCSCC(=O)N1CCOC(C)C1. The lowest BCUT2D eigenvalue weighted by molar-refractivity contribution is -0.142. The fourth-order valence-electron chi connectivity index (χ4n) is 1.78. The summed E-state index contributed by atoms with van der Waals surface area (Å²) in [6, 6.07) is -0.601. The predicted octanol–water partition coefficient (Wildman–Crippen LogP) is -0.143. The van der Waals surface area contributed by atoms with E-state index in [2.05, 4.69) is 4.74 Å². The molecule has 0 radical (unpaired) electrons. The van der Waals surface area contributed by atoms with Gasteiger partial charge in [0.05, 0.1) is 25.6 Å². The first-order valence-corrected chi connectivity index (χ1v) is 7.50. The highest BCUT2D eigenvalue weighted by Gasteiger charge is 2.21. The molecule has 1 amide bonds. The van der Waals surface area contributed by atoms with E-state index in [4.69, 9.17) is 10.5 Å². The summed E-state index contributed by atoms with van der Waals surface area (Å²) in [7, 11) is 1.32. The topological polar surface area (TPSA) is 81.9 Å². The molecule has 2 atom stereocenters. The van der Waals surface area contributed by atoms with Crippen molar-refractivity contribution in [1.29, 1.82) is 0 Å². The third kappa shape index (κ3) is 5.80. The average Bonchev–Trinajstić information content (AvgIpc) is 2.42. The Labute approximate surface area is 118 Å². The van der Waals surface area contributed by atoms with Gasteiger partial charge in [0.2, 0.25) is 5.91 Å². The molecule has 1 saturated heterocycles. The van der Waals surface area contributed by atoms with E-state index in [-0.39, 0.29) is 12.0 Å². The number of nitrogens with zero attached hydrogens (tertiary/aromatic N) is 1. The van der Waals surface area contributed by atoms with Crippen LogP contribution in [-0.2, 0) is 19.1 Å². The van der Waals surface area contributed by atoms with Crippen LogP contribution in [-0.4, -0.2) is 67.2 Å². The molecule has 1 aliphatic heterocycles. The second-order valence-corrected chi connectivity index (χ2v) is 5.60. The van der Waals surface area contributed by atoms with Crippen molar-refractivity contribution in [1.82, 2.24) is 4.90 Å². The number of hydrogen-bond acceptors (Lipinski definition) is 6. The van der Waals surface area contributed by atoms with Crippen molar-refractivity contribution in [3.8, 4) is 0 Å². The highest BCUT2D eigenvalue weighted by atomic mass is 32.2. The van der Waals surface area contributed by atoms with Crippen molar-refractivity contribution in [2.45, 2.75) is 25.5 Å². The molecule has 0 bridgehead atoms. The summed E-state index contributed by atoms with van der Waals surface area (Å²) in [5, 5.41) is 0. The number of methoxy groups -OCH3 is 1. The van der Waals surface area contributed by atoms with Gasteiger partial charge in [-0.15, -0.1) is 0 Å². The van der Waals surface area contributed by atoms with Gasteiger partial charge in [0, 0.05) is 13.1 Å². The first-order valence-electron chi connectivity index (χ1n) is 6.35. The first kappa shape index (κ1) is 16.3. The van der Waals surface area contributed by atoms with Crippen molar-refractivity contribution >= 4 is 23.6 Å². The third-order valence-electron chi connectivity index (χ3n) is 2.90. The van der Waals surface area contributed by atoms with Crippen LogP contribution in [0.4, 0.5) is 0 Å². The zero-order valence-electron chi connectivity index (χ0n) is 11.5. The van der Waals surface area contributed by atoms with Gasteiger partial charge >= 0.3 is 5.97 Å². The fourth-order valence-corrected chi connectivity index (χ4v) is 2.70. The van der Waals surface area contributed by atoms with E-state index in [0.29, 0.717) is 37.6 Å². The van der Waals surface area contributed by atoms with Gasteiger partial charge in [0.25, 0.3) is 0 Å². The lowest BCUT2D eigenvalue weighted by Gasteiger charge is -2.31. The number of thioether (sulfide) groups is 1. The molecule has 1 heterocycles. The summed E-state index contributed by atoms with van der Waals surface area (Å²) >= 11 is 1.49. The van der Waals surface area contributed by atoms with Crippen molar-refractivity contribution in [3.05, 3.63) is 0 Å². The Hall–Kier alpha value is -0.790. The van der Waals surface area contributed by atoms with E-state index in [1.807, 2.05) is 11.8 Å². The minimum Gasteiger partial charge on any atom is -0.468 e. The number of nitrogens with two attached hydrogens (primary N) is 1. The Morgan fingerprint density at radius 3 is 2.95 bits per heavy atom. The summed E-state index contributed by atoms with van der Waals surface area (Å²) in [4.78, 5) is 24.8. The molecule has 0 aromatic heterocycles. The quantitative estimate of drug-likeness (QED) is 0.541. The minimum absolute atomic E-state index is 0.107. The number of esters is 1. The Morgan fingerprint density at radius 1 is 1.58 bits per heavy atom. The van der Waals surface area contributed by atoms with E-state index in [0.717, 1.165) is 0 Å². The van der Waals surface area contributed by atoms with Gasteiger partial charge in [-0.1, -0.05) is 0 Å². The number of rotatable bonds is 6. The first-order chi connectivity index (χ1) is 9.04. The van der Waals surface area contributed by atoms with Crippen LogP contribution in [0, 0.1) is 0 Å². The van der Waals surface area contributed by atoms with Crippen LogP contribution in [0.5, 0.6) is 0 Å². The molecule has 2 N–H and O–H groups in total. The number of carbonyl (C=O) groups is 2. The van der Waals surface area contributed by atoms with Crippen LogP contribution in [0.1, 0.15) is 13.3 Å². The Morgan fingerprint density at radius 2 is 2.32 bits per heavy atom. The maximum atomic E-state index is 11.9. The van der Waals surface area contributed by atoms with E-state index < -0.39 is 12.0 Å². The highest BCUT2D eigenvalue weighted by molar-refractivity contribution is 7.99. The van der Waals surface area contributed by atoms with Gasteiger partial charge in [0.15, 0.2) is 0 Å². The van der Waals surface area contributed by atoms with Crippen molar-refractivity contribution in [2.24, 2.45) is 5.73 Å². The molecule has 110 valence electrons. The second-order valence-electron chi connectivity index (χ2n) is 4.49. The molecule has 7 heteroatoms. The summed E-state index contributed by atoms with van der Waals surface area (Å²) in [5.74, 6) is 0.795. The Balaban J connectivity index is 2.15. The van der Waals surface area contributed by atoms with Crippen LogP contribution in [0.15, 0.2) is 0 Å². The van der Waals surface area contributed by atoms with Crippen molar-refractivity contribution < 1.29 is 19.1 Å². The van der Waals surface area contributed by atoms with Crippen molar-refractivity contribution in [3.63, 3.8) is 0 Å². The van der Waals surface area contributed by atoms with Crippen LogP contribution in [0.3, 0.4) is 0 Å². The molecule has 0 saturated carbocycles. The molecule has 2 unspecified atom stereocenters. The number of ether oxygens (including phenoxy) is 2. The molecule has 0 aromatic rings. The molecule has 6 nitrogen and oxygen atoms in total. The van der Waals surface area contributed by atoms with Gasteiger partial charge in [0.1, 0.15) is 6.04 Å². The van der Waals surface area contributed by atoms with Crippen LogP contribution in [0.25, 0.3) is 0 Å². The molecule has 0 spiro atoms. The largest absolute Gasteiger partial charge is 0.468 e. The molecule has 19 heavy (non-hydrogen) atoms. The van der Waals surface area contributed by atoms with Crippen LogP contribution in [0.2, 0.25) is 0 Å². The molecular formula is C12H22N2O4S. The minimum atomic E-state index is -0.601. The summed E-state index contributed by atoms with van der Waals surface area (Å²) in [6.45, 7) is 3.87. The maximum Gasteiger partial charge on any atom is 0.322 e. The molecule has 1 aliphatic rings. The molecule has 1 rings (SSSR count). The highest BCUT2D eigenvalue weighted by Crippen LogP contribution is 2.10. The number of morpholine rings is 1. The second kappa shape index (κ2) is 8.39. The number of amides is 1. The van der Waals surface area contributed by atoms with Gasteiger partial charge in [-0.2, -0.15) is 11.8 Å². The van der Waals surface area contributed by atoms with Gasteiger partial charge in [-0.25, -0.2) is 0 Å². The standard InChI is InChI=1S/C12H22N2O4S/c1-9-7-14(4-5-18-9)11(15)8-19-6-3-10(13)12(16)17-2/h9-10H,3-8,13H2,1-2H3. The van der Waals surface area contributed by atoms with E-state index in [1.165, 1.54) is 18.9 Å². The Kier molecular flexibility index (Phi) is 7.19. The molecule has 0 aromatic carbocycles. The smallest absolute Gasteiger partial charge is 0.322 e. The predicted molar refractivity (Wildman–Crippen MR) is 73.9 cm³/mol. The van der Waals surface area contributed by atoms with Crippen LogP contribution < -0.4 is 5.73 Å². The number of carbonyl (C=O) groups excluding carboxylic acids is 2. The van der Waals surface area contributed by atoms with E-state index >= 15 is 0 Å². The van der Waals surface area contributed by atoms with E-state index in [9.17, 15) is 9.59 Å². The molecule has 0 aliphatic carbocycles. The molecule has 1 fully saturated rings. The maximum absolute atomic E-state index is 11.9. The Bertz CT molecular complexity index is 314. The van der Waals surface area contributed by atoms with Crippen molar-refractivity contribution in [2.75, 3.05) is 38.3 Å². The summed E-state index contributed by atoms with van der Waals surface area (Å²) in [6.07, 6.45) is 0.625. The summed E-state index contributed by atoms with van der Waals surface area (Å²) < 4.78 is 9.92. The summed E-state index contributed by atoms with van der Waals surface area (Å²) in [5.41, 5.74) is 5.61. The average molecular weight is 290 g/mol. The van der Waals surface area contributed by atoms with Crippen LogP contribution >= 0.6 is 11.8 Å². The number of hydrogen-bond donors (Lipinski definition) is 1. The lowest BCUT2D eigenvalue weighted by Crippen LogP contribution is -2.45. The fraction of sp³-hybridized carbons (Fsp3) is 0.833. The zero-order chi connectivity index (χ0) is 14.3. The normalized spacial score (nSPS) is 21.0. The third-order valence-corrected chi connectivity index (χ3v) is 3.87. The van der Waals surface area contributed by atoms with Gasteiger partial charge in [-0.3, -0.25) is 9.59 Å². The zero-order valence-corrected chi connectivity index (χ0v) is 12.3.